The van der Waals surface area contributed by atoms with Gasteiger partial charge in [-0.2, -0.15) is 5.10 Å². The van der Waals surface area contributed by atoms with Gasteiger partial charge in [-0.25, -0.2) is 9.48 Å². The van der Waals surface area contributed by atoms with Crippen molar-refractivity contribution in [2.45, 2.75) is 13.8 Å². The van der Waals surface area contributed by atoms with Crippen molar-refractivity contribution in [3.63, 3.8) is 0 Å². The van der Waals surface area contributed by atoms with Gasteiger partial charge in [0.1, 0.15) is 5.56 Å². The fourth-order valence-electron chi connectivity index (χ4n) is 2.61. The van der Waals surface area contributed by atoms with Crippen molar-refractivity contribution in [2.24, 2.45) is 0 Å². The Balaban J connectivity index is 2.25. The summed E-state index contributed by atoms with van der Waals surface area (Å²) in [5, 5.41) is 4.59. The zero-order valence-corrected chi connectivity index (χ0v) is 15.1. The number of nitrogens with zero attached hydrogens (tertiary/aromatic N) is 2. The Hall–Kier alpha value is -2.40. The van der Waals surface area contributed by atoms with Crippen LogP contribution in [0.2, 0.25) is 0 Å². The second kappa shape index (κ2) is 7.01. The molecule has 0 aliphatic carbocycles. The van der Waals surface area contributed by atoms with Crippen molar-refractivity contribution in [3.05, 3.63) is 70.3 Å². The van der Waals surface area contributed by atoms with Gasteiger partial charge in [0, 0.05) is 10.0 Å². The van der Waals surface area contributed by atoms with Crippen LogP contribution >= 0.6 is 15.9 Å². The maximum absolute atomic E-state index is 12.5. The van der Waals surface area contributed by atoms with Gasteiger partial charge in [-0.3, -0.25) is 0 Å². The van der Waals surface area contributed by atoms with Crippen LogP contribution < -0.4 is 0 Å². The van der Waals surface area contributed by atoms with Crippen LogP contribution in [-0.4, -0.2) is 22.4 Å². The highest BCUT2D eigenvalue weighted by molar-refractivity contribution is 9.10. The molecule has 0 aliphatic heterocycles. The van der Waals surface area contributed by atoms with E-state index in [1.165, 1.54) is 0 Å². The number of esters is 1. The maximum atomic E-state index is 12.5. The Morgan fingerprint density at radius 3 is 2.42 bits per heavy atom. The first-order valence-corrected chi connectivity index (χ1v) is 8.49. The highest BCUT2D eigenvalue weighted by Gasteiger charge is 2.24. The first kappa shape index (κ1) is 16.5. The molecular weight excluding hydrogens is 368 g/mol. The number of para-hydroxylation sites is 1. The molecule has 0 bridgehead atoms. The largest absolute Gasteiger partial charge is 0.462 e. The lowest BCUT2D eigenvalue weighted by Crippen LogP contribution is -2.08. The lowest BCUT2D eigenvalue weighted by atomic mass is 10.1. The third-order valence-electron chi connectivity index (χ3n) is 3.66. The fraction of sp³-hybridized carbons (Fsp3) is 0.158. The van der Waals surface area contributed by atoms with Crippen molar-refractivity contribution >= 4 is 21.9 Å². The van der Waals surface area contributed by atoms with Gasteiger partial charge in [-0.15, -0.1) is 0 Å². The van der Waals surface area contributed by atoms with E-state index in [-0.39, 0.29) is 5.97 Å². The number of aromatic nitrogens is 2. The zero-order chi connectivity index (χ0) is 17.1. The number of aryl methyl sites for hydroxylation is 1. The molecule has 24 heavy (non-hydrogen) atoms. The molecule has 3 rings (SSSR count). The minimum absolute atomic E-state index is 0.328. The first-order valence-electron chi connectivity index (χ1n) is 7.70. The summed E-state index contributed by atoms with van der Waals surface area (Å²) >= 11 is 3.44. The highest BCUT2D eigenvalue weighted by atomic mass is 79.9. The Bertz CT molecular complexity index is 855. The molecular formula is C19H17BrN2O2. The van der Waals surface area contributed by atoms with Gasteiger partial charge in [0.2, 0.25) is 0 Å². The summed E-state index contributed by atoms with van der Waals surface area (Å²) in [6.07, 6.45) is 0. The Morgan fingerprint density at radius 1 is 1.12 bits per heavy atom. The SMILES string of the molecule is CCOC(=O)c1c(C)nn(-c2ccccc2)c1-c1ccc(Br)cc1. The summed E-state index contributed by atoms with van der Waals surface area (Å²) < 4.78 is 8.02. The second-order valence-corrected chi connectivity index (χ2v) is 6.20. The lowest BCUT2D eigenvalue weighted by molar-refractivity contribution is 0.0526. The number of halogens is 1. The average Bonchev–Trinajstić information content (AvgIpc) is 2.94. The molecule has 0 radical (unpaired) electrons. The molecule has 0 saturated heterocycles. The van der Waals surface area contributed by atoms with Crippen molar-refractivity contribution in [1.29, 1.82) is 0 Å². The minimum atomic E-state index is -0.352. The molecule has 3 aromatic rings. The Morgan fingerprint density at radius 2 is 1.79 bits per heavy atom. The molecule has 0 amide bonds. The third-order valence-corrected chi connectivity index (χ3v) is 4.19. The van der Waals surface area contributed by atoms with E-state index >= 15 is 0 Å². The molecule has 122 valence electrons. The topological polar surface area (TPSA) is 44.1 Å². The number of carbonyl (C=O) groups is 1. The predicted molar refractivity (Wildman–Crippen MR) is 97.4 cm³/mol. The van der Waals surface area contributed by atoms with Gasteiger partial charge in [0.15, 0.2) is 0 Å². The van der Waals surface area contributed by atoms with E-state index < -0.39 is 0 Å². The van der Waals surface area contributed by atoms with E-state index in [2.05, 4.69) is 21.0 Å². The standard InChI is InChI=1S/C19H17BrN2O2/c1-3-24-19(23)17-13(2)21-22(16-7-5-4-6-8-16)18(17)14-9-11-15(20)12-10-14/h4-12H,3H2,1-2H3. The molecule has 0 N–H and O–H groups in total. The fourth-order valence-corrected chi connectivity index (χ4v) is 2.87. The van der Waals surface area contributed by atoms with E-state index in [1.807, 2.05) is 61.5 Å². The van der Waals surface area contributed by atoms with Crippen LogP contribution in [0.4, 0.5) is 0 Å². The van der Waals surface area contributed by atoms with E-state index in [9.17, 15) is 4.79 Å². The molecule has 0 fully saturated rings. The van der Waals surface area contributed by atoms with Crippen molar-refractivity contribution in [2.75, 3.05) is 6.61 Å². The van der Waals surface area contributed by atoms with Crippen LogP contribution in [0.5, 0.6) is 0 Å². The molecule has 1 heterocycles. The molecule has 0 spiro atoms. The van der Waals surface area contributed by atoms with E-state index in [1.54, 1.807) is 11.6 Å². The molecule has 0 aliphatic rings. The predicted octanol–water partition coefficient (Wildman–Crippen LogP) is 4.79. The van der Waals surface area contributed by atoms with Gasteiger partial charge < -0.3 is 4.74 Å². The average molecular weight is 385 g/mol. The number of hydrogen-bond donors (Lipinski definition) is 0. The lowest BCUT2D eigenvalue weighted by Gasteiger charge is -2.10. The molecule has 0 atom stereocenters. The summed E-state index contributed by atoms with van der Waals surface area (Å²) in [5.41, 5.74) is 3.70. The van der Waals surface area contributed by atoms with Gasteiger partial charge >= 0.3 is 5.97 Å². The number of hydrogen-bond acceptors (Lipinski definition) is 3. The van der Waals surface area contributed by atoms with Gasteiger partial charge in [-0.05, 0) is 38.1 Å². The summed E-state index contributed by atoms with van der Waals surface area (Å²) in [4.78, 5) is 12.5. The summed E-state index contributed by atoms with van der Waals surface area (Å²) in [5.74, 6) is -0.352. The second-order valence-electron chi connectivity index (χ2n) is 5.28. The van der Waals surface area contributed by atoms with Crippen LogP contribution in [-0.2, 0) is 4.74 Å². The molecule has 5 heteroatoms. The third kappa shape index (κ3) is 3.12. The quantitative estimate of drug-likeness (QED) is 0.607. The zero-order valence-electron chi connectivity index (χ0n) is 13.5. The summed E-state index contributed by atoms with van der Waals surface area (Å²) in [6.45, 7) is 3.96. The molecule has 0 saturated carbocycles. The van der Waals surface area contributed by atoms with Gasteiger partial charge in [0.25, 0.3) is 0 Å². The minimum Gasteiger partial charge on any atom is -0.462 e. The van der Waals surface area contributed by atoms with Crippen LogP contribution in [0.3, 0.4) is 0 Å². The number of ether oxygens (including phenoxy) is 1. The van der Waals surface area contributed by atoms with E-state index in [4.69, 9.17) is 4.74 Å². The first-order chi connectivity index (χ1) is 11.6. The molecule has 2 aromatic carbocycles. The molecule has 4 nitrogen and oxygen atoms in total. The van der Waals surface area contributed by atoms with Gasteiger partial charge in [0.05, 0.1) is 23.7 Å². The van der Waals surface area contributed by atoms with Crippen molar-refractivity contribution < 1.29 is 9.53 Å². The molecule has 0 unspecified atom stereocenters. The monoisotopic (exact) mass is 384 g/mol. The van der Waals surface area contributed by atoms with E-state index in [0.717, 1.165) is 21.4 Å². The Labute approximate surface area is 149 Å². The van der Waals surface area contributed by atoms with Crippen molar-refractivity contribution in [1.82, 2.24) is 9.78 Å². The number of carbonyl (C=O) groups excluding carboxylic acids is 1. The van der Waals surface area contributed by atoms with Crippen LogP contribution in [0.1, 0.15) is 23.0 Å². The van der Waals surface area contributed by atoms with E-state index in [0.29, 0.717) is 17.9 Å². The number of benzene rings is 2. The maximum Gasteiger partial charge on any atom is 0.342 e. The summed E-state index contributed by atoms with van der Waals surface area (Å²) in [7, 11) is 0. The number of rotatable bonds is 4. The van der Waals surface area contributed by atoms with Crippen LogP contribution in [0.25, 0.3) is 16.9 Å². The van der Waals surface area contributed by atoms with Crippen molar-refractivity contribution in [3.8, 4) is 16.9 Å². The smallest absolute Gasteiger partial charge is 0.342 e. The molecule has 1 aromatic heterocycles. The highest BCUT2D eigenvalue weighted by Crippen LogP contribution is 2.30. The normalized spacial score (nSPS) is 10.6. The van der Waals surface area contributed by atoms with Crippen LogP contribution in [0, 0.1) is 6.92 Å². The Kier molecular flexibility index (Phi) is 4.81. The van der Waals surface area contributed by atoms with Gasteiger partial charge in [-0.1, -0.05) is 46.3 Å². The summed E-state index contributed by atoms with van der Waals surface area (Å²) in [6, 6.07) is 17.6. The van der Waals surface area contributed by atoms with Crippen LogP contribution in [0.15, 0.2) is 59.1 Å².